The van der Waals surface area contributed by atoms with Gasteiger partial charge in [0.1, 0.15) is 0 Å². The second-order valence-electron chi connectivity index (χ2n) is 6.41. The van der Waals surface area contributed by atoms with E-state index in [0.717, 1.165) is 38.9 Å². The fourth-order valence-electron chi connectivity index (χ4n) is 2.90. The van der Waals surface area contributed by atoms with Crippen molar-refractivity contribution in [3.8, 4) is 0 Å². The smallest absolute Gasteiger partial charge is 0.236 e. The van der Waals surface area contributed by atoms with Gasteiger partial charge in [0.2, 0.25) is 5.91 Å². The molecule has 1 rings (SSSR count). The molecule has 1 aliphatic heterocycles. The lowest BCUT2D eigenvalue weighted by atomic mass is 9.98. The Morgan fingerprint density at radius 1 is 1.33 bits per heavy atom. The molecular weight excluding hydrogens is 266 g/mol. The Balaban J connectivity index is 2.22. The molecule has 0 aliphatic carbocycles. The van der Waals surface area contributed by atoms with Gasteiger partial charge in [0.25, 0.3) is 0 Å². The van der Waals surface area contributed by atoms with Gasteiger partial charge >= 0.3 is 0 Å². The van der Waals surface area contributed by atoms with Crippen LogP contribution in [-0.2, 0) is 4.79 Å². The number of aliphatic hydroxyl groups is 1. The number of aliphatic hydroxyl groups excluding tert-OH is 1. The van der Waals surface area contributed by atoms with Gasteiger partial charge in [0, 0.05) is 39.8 Å². The van der Waals surface area contributed by atoms with Gasteiger partial charge < -0.3 is 15.3 Å². The van der Waals surface area contributed by atoms with Gasteiger partial charge in [-0.25, -0.2) is 0 Å². The Labute approximate surface area is 129 Å². The van der Waals surface area contributed by atoms with Crippen LogP contribution in [0.2, 0.25) is 0 Å². The molecule has 5 nitrogen and oxygen atoms in total. The van der Waals surface area contributed by atoms with Crippen molar-refractivity contribution in [3.05, 3.63) is 0 Å². The monoisotopic (exact) mass is 299 g/mol. The molecule has 1 amide bonds. The van der Waals surface area contributed by atoms with Gasteiger partial charge in [0.05, 0.1) is 6.54 Å². The van der Waals surface area contributed by atoms with Crippen LogP contribution in [0.3, 0.4) is 0 Å². The normalized spacial score (nSPS) is 18.7. The molecule has 0 radical (unpaired) electrons. The Morgan fingerprint density at radius 3 is 2.52 bits per heavy atom. The number of carbonyl (C=O) groups excluding carboxylic acids is 1. The minimum Gasteiger partial charge on any atom is -0.396 e. The number of piperidine rings is 1. The topological polar surface area (TPSA) is 55.8 Å². The zero-order chi connectivity index (χ0) is 15.7. The summed E-state index contributed by atoms with van der Waals surface area (Å²) in [5.41, 5.74) is 0. The average Bonchev–Trinajstić information content (AvgIpc) is 2.46. The summed E-state index contributed by atoms with van der Waals surface area (Å²) in [7, 11) is 3.62. The molecule has 0 aromatic heterocycles. The minimum atomic E-state index is 0.187. The van der Waals surface area contributed by atoms with Crippen molar-refractivity contribution in [1.29, 1.82) is 0 Å². The van der Waals surface area contributed by atoms with E-state index in [1.807, 2.05) is 14.1 Å². The lowest BCUT2D eigenvalue weighted by Gasteiger charge is -2.33. The molecule has 124 valence electrons. The summed E-state index contributed by atoms with van der Waals surface area (Å²) in [5.74, 6) is 0.778. The number of hydrogen-bond donors (Lipinski definition) is 2. The number of amides is 1. The highest BCUT2D eigenvalue weighted by Gasteiger charge is 2.21. The SMILES string of the molecule is CCCC(CCO)CNC1CCN(CC(=O)N(C)C)CC1. The Hall–Kier alpha value is -0.650. The molecule has 1 heterocycles. The second-order valence-corrected chi connectivity index (χ2v) is 6.41. The fraction of sp³-hybridized carbons (Fsp3) is 0.938. The van der Waals surface area contributed by atoms with Crippen LogP contribution in [0, 0.1) is 5.92 Å². The average molecular weight is 299 g/mol. The van der Waals surface area contributed by atoms with Crippen molar-refractivity contribution in [3.63, 3.8) is 0 Å². The molecule has 5 heteroatoms. The van der Waals surface area contributed by atoms with Crippen LogP contribution in [-0.4, -0.2) is 73.7 Å². The van der Waals surface area contributed by atoms with Crippen LogP contribution in [0.4, 0.5) is 0 Å². The van der Waals surface area contributed by atoms with E-state index in [1.165, 1.54) is 12.8 Å². The third-order valence-electron chi connectivity index (χ3n) is 4.37. The van der Waals surface area contributed by atoms with E-state index in [1.54, 1.807) is 4.90 Å². The molecule has 1 unspecified atom stereocenters. The predicted octanol–water partition coefficient (Wildman–Crippen LogP) is 0.927. The molecular formula is C16H33N3O2. The summed E-state index contributed by atoms with van der Waals surface area (Å²) in [4.78, 5) is 15.6. The summed E-state index contributed by atoms with van der Waals surface area (Å²) >= 11 is 0. The van der Waals surface area contributed by atoms with Crippen molar-refractivity contribution in [2.24, 2.45) is 5.92 Å². The highest BCUT2D eigenvalue weighted by Crippen LogP contribution is 2.13. The maximum absolute atomic E-state index is 11.7. The second kappa shape index (κ2) is 10.1. The first-order valence-electron chi connectivity index (χ1n) is 8.33. The molecule has 1 saturated heterocycles. The first-order valence-corrected chi connectivity index (χ1v) is 8.33. The van der Waals surface area contributed by atoms with E-state index >= 15 is 0 Å². The van der Waals surface area contributed by atoms with Gasteiger partial charge in [-0.1, -0.05) is 13.3 Å². The van der Waals surface area contributed by atoms with Crippen LogP contribution < -0.4 is 5.32 Å². The number of nitrogens with one attached hydrogen (secondary N) is 1. The Morgan fingerprint density at radius 2 is 2.00 bits per heavy atom. The zero-order valence-electron chi connectivity index (χ0n) is 14.0. The number of nitrogens with zero attached hydrogens (tertiary/aromatic N) is 2. The lowest BCUT2D eigenvalue weighted by Crippen LogP contribution is -2.46. The first kappa shape index (κ1) is 18.4. The third kappa shape index (κ3) is 7.25. The number of carbonyl (C=O) groups is 1. The van der Waals surface area contributed by atoms with E-state index < -0.39 is 0 Å². The first-order chi connectivity index (χ1) is 10.1. The summed E-state index contributed by atoms with van der Waals surface area (Å²) in [6, 6.07) is 0.564. The summed E-state index contributed by atoms with van der Waals surface area (Å²) < 4.78 is 0. The molecule has 0 aromatic carbocycles. The van der Waals surface area contributed by atoms with Gasteiger partial charge in [-0.05, 0) is 38.1 Å². The number of likely N-dealkylation sites (N-methyl/N-ethyl adjacent to an activating group) is 1. The molecule has 1 atom stereocenters. The van der Waals surface area contributed by atoms with Gasteiger partial charge in [-0.2, -0.15) is 0 Å². The van der Waals surface area contributed by atoms with Crippen LogP contribution in [0.5, 0.6) is 0 Å². The molecule has 2 N–H and O–H groups in total. The van der Waals surface area contributed by atoms with E-state index in [4.69, 9.17) is 5.11 Å². The molecule has 0 aromatic rings. The van der Waals surface area contributed by atoms with Crippen LogP contribution >= 0.6 is 0 Å². The highest BCUT2D eigenvalue weighted by atomic mass is 16.3. The molecule has 1 fully saturated rings. The number of hydrogen-bond acceptors (Lipinski definition) is 4. The highest BCUT2D eigenvalue weighted by molar-refractivity contribution is 5.77. The van der Waals surface area contributed by atoms with E-state index in [0.29, 0.717) is 18.5 Å². The third-order valence-corrected chi connectivity index (χ3v) is 4.37. The maximum atomic E-state index is 11.7. The van der Waals surface area contributed by atoms with Crippen molar-refractivity contribution in [2.45, 2.75) is 45.1 Å². The molecule has 21 heavy (non-hydrogen) atoms. The minimum absolute atomic E-state index is 0.187. The van der Waals surface area contributed by atoms with Crippen molar-refractivity contribution >= 4 is 5.91 Å². The van der Waals surface area contributed by atoms with E-state index in [2.05, 4.69) is 17.1 Å². The van der Waals surface area contributed by atoms with Gasteiger partial charge in [0.15, 0.2) is 0 Å². The van der Waals surface area contributed by atoms with E-state index in [-0.39, 0.29) is 12.5 Å². The fourth-order valence-corrected chi connectivity index (χ4v) is 2.90. The number of rotatable bonds is 9. The van der Waals surface area contributed by atoms with Gasteiger partial charge in [-0.15, -0.1) is 0 Å². The molecule has 0 bridgehead atoms. The Bertz CT molecular complexity index is 283. The largest absolute Gasteiger partial charge is 0.396 e. The van der Waals surface area contributed by atoms with E-state index in [9.17, 15) is 4.79 Å². The summed E-state index contributed by atoms with van der Waals surface area (Å²) in [6.07, 6.45) is 5.48. The Kier molecular flexibility index (Phi) is 8.88. The summed E-state index contributed by atoms with van der Waals surface area (Å²) in [5, 5.41) is 12.7. The predicted molar refractivity (Wildman–Crippen MR) is 86.3 cm³/mol. The quantitative estimate of drug-likeness (QED) is 0.665. The zero-order valence-corrected chi connectivity index (χ0v) is 14.0. The van der Waals surface area contributed by atoms with Gasteiger partial charge in [-0.3, -0.25) is 9.69 Å². The van der Waals surface area contributed by atoms with Crippen LogP contribution in [0.1, 0.15) is 39.0 Å². The van der Waals surface area contributed by atoms with Crippen molar-refractivity contribution < 1.29 is 9.90 Å². The van der Waals surface area contributed by atoms with Crippen molar-refractivity contribution in [1.82, 2.24) is 15.1 Å². The summed E-state index contributed by atoms with van der Waals surface area (Å²) in [6.45, 7) is 6.03. The molecule has 0 saturated carbocycles. The lowest BCUT2D eigenvalue weighted by molar-refractivity contribution is -0.130. The standard InChI is InChI=1S/C16H33N3O2/c1-4-5-14(8-11-20)12-17-15-6-9-19(10-7-15)13-16(21)18(2)3/h14-15,17,20H,4-13H2,1-3H3. The molecule has 1 aliphatic rings. The van der Waals surface area contributed by atoms with Crippen molar-refractivity contribution in [2.75, 3.05) is 46.9 Å². The maximum Gasteiger partial charge on any atom is 0.236 e. The number of likely N-dealkylation sites (tertiary alicyclic amines) is 1. The molecule has 0 spiro atoms. The van der Waals surface area contributed by atoms with Crippen LogP contribution in [0.15, 0.2) is 0 Å². The van der Waals surface area contributed by atoms with Crippen LogP contribution in [0.25, 0.3) is 0 Å².